The smallest absolute Gasteiger partial charge is 0.234 e. The predicted octanol–water partition coefficient (Wildman–Crippen LogP) is 0.250. The van der Waals surface area contributed by atoms with E-state index in [9.17, 15) is 4.79 Å². The summed E-state index contributed by atoms with van der Waals surface area (Å²) in [5.74, 6) is 0. The van der Waals surface area contributed by atoms with Gasteiger partial charge in [-0.3, -0.25) is 15.5 Å². The molecule has 0 aliphatic carbocycles. The van der Waals surface area contributed by atoms with Gasteiger partial charge in [-0.2, -0.15) is 0 Å². The van der Waals surface area contributed by atoms with Crippen LogP contribution < -0.4 is 10.6 Å². The predicted molar refractivity (Wildman–Crippen MR) is 59.0 cm³/mol. The van der Waals surface area contributed by atoms with Crippen LogP contribution in [0, 0.1) is 0 Å². The van der Waals surface area contributed by atoms with Crippen LogP contribution in [0.2, 0.25) is 0 Å². The molecule has 0 bridgehead atoms. The molecule has 0 spiro atoms. The van der Waals surface area contributed by atoms with Gasteiger partial charge in [0.1, 0.15) is 0 Å². The lowest BCUT2D eigenvalue weighted by atomic mass is 10.2. The van der Waals surface area contributed by atoms with Crippen LogP contribution in [0.5, 0.6) is 0 Å². The van der Waals surface area contributed by atoms with Crippen LogP contribution in [0.1, 0.15) is 25.7 Å². The van der Waals surface area contributed by atoms with E-state index in [-0.39, 0.29) is 0 Å². The molecular weight excluding hydrogens is 192 g/mol. The van der Waals surface area contributed by atoms with Crippen molar-refractivity contribution < 1.29 is 4.79 Å². The Morgan fingerprint density at radius 1 is 1.13 bits per heavy atom. The first-order valence-electron chi connectivity index (χ1n) is 5.61. The third-order valence-corrected chi connectivity index (χ3v) is 2.48. The van der Waals surface area contributed by atoms with Crippen molar-refractivity contribution in [1.29, 1.82) is 0 Å². The van der Waals surface area contributed by atoms with E-state index in [4.69, 9.17) is 0 Å². The van der Waals surface area contributed by atoms with Crippen LogP contribution in [0.4, 0.5) is 0 Å². The number of rotatable bonds is 7. The zero-order valence-corrected chi connectivity index (χ0v) is 9.17. The second-order valence-electron chi connectivity index (χ2n) is 3.77. The molecule has 0 unspecified atom stereocenters. The summed E-state index contributed by atoms with van der Waals surface area (Å²) < 4.78 is 0. The molecule has 0 radical (unpaired) electrons. The van der Waals surface area contributed by atoms with E-state index in [0.29, 0.717) is 6.54 Å². The van der Waals surface area contributed by atoms with Gasteiger partial charge in [-0.05, 0) is 12.8 Å². The molecule has 1 aliphatic heterocycles. The van der Waals surface area contributed by atoms with Crippen molar-refractivity contribution in [3.63, 3.8) is 0 Å². The summed E-state index contributed by atoms with van der Waals surface area (Å²) in [7, 11) is 0. The van der Waals surface area contributed by atoms with Gasteiger partial charge in [-0.15, -0.1) is 0 Å². The van der Waals surface area contributed by atoms with Crippen LogP contribution >= 0.6 is 0 Å². The zero-order valence-electron chi connectivity index (χ0n) is 9.17. The molecule has 0 atom stereocenters. The van der Waals surface area contributed by atoms with Crippen LogP contribution in [-0.2, 0) is 4.79 Å². The summed E-state index contributed by atoms with van der Waals surface area (Å²) in [5.41, 5.74) is 0. The van der Waals surface area contributed by atoms with Crippen LogP contribution in [0.25, 0.3) is 0 Å². The van der Waals surface area contributed by atoms with Crippen LogP contribution in [0.3, 0.4) is 0 Å². The summed E-state index contributed by atoms with van der Waals surface area (Å²) >= 11 is 0. The van der Waals surface area contributed by atoms with E-state index in [1.54, 1.807) is 6.08 Å². The molecule has 0 aromatic carbocycles. The number of hydrogen-bond donors (Lipinski definition) is 2. The molecule has 0 amide bonds. The summed E-state index contributed by atoms with van der Waals surface area (Å²) in [5, 5.41) is 6.52. The fraction of sp³-hybridized carbons (Fsp3) is 0.900. The second-order valence-corrected chi connectivity index (χ2v) is 3.77. The van der Waals surface area contributed by atoms with Gasteiger partial charge in [0.05, 0.1) is 19.9 Å². The van der Waals surface area contributed by atoms with Crippen molar-refractivity contribution in [1.82, 2.24) is 15.5 Å². The van der Waals surface area contributed by atoms with Crippen molar-refractivity contribution in [2.45, 2.75) is 25.7 Å². The Morgan fingerprint density at radius 2 is 1.87 bits per heavy atom. The molecule has 1 rings (SSSR count). The Bertz CT molecular complexity index is 198. The van der Waals surface area contributed by atoms with Crippen LogP contribution in [0.15, 0.2) is 4.99 Å². The largest absolute Gasteiger partial charge is 0.292 e. The first-order valence-corrected chi connectivity index (χ1v) is 5.61. The maximum Gasteiger partial charge on any atom is 0.234 e. The average molecular weight is 212 g/mol. The molecule has 5 heteroatoms. The lowest BCUT2D eigenvalue weighted by Crippen LogP contribution is -2.50. The van der Waals surface area contributed by atoms with Gasteiger partial charge in [0.15, 0.2) is 0 Å². The normalized spacial score (nSPS) is 17.3. The molecule has 1 aliphatic rings. The maximum atomic E-state index is 9.79. The highest BCUT2D eigenvalue weighted by molar-refractivity contribution is 5.32. The highest BCUT2D eigenvalue weighted by atomic mass is 16.1. The maximum absolute atomic E-state index is 9.79. The quantitative estimate of drug-likeness (QED) is 0.361. The molecule has 1 fully saturated rings. The molecule has 0 aromatic rings. The number of aliphatic imine (C=N–C) groups is 1. The Hall–Kier alpha value is -0.740. The van der Waals surface area contributed by atoms with Crippen molar-refractivity contribution in [3.8, 4) is 0 Å². The third-order valence-electron chi connectivity index (χ3n) is 2.48. The topological polar surface area (TPSA) is 56.7 Å². The molecule has 86 valence electrons. The minimum absolute atomic E-state index is 0.635. The summed E-state index contributed by atoms with van der Waals surface area (Å²) in [6.07, 6.45) is 6.15. The second kappa shape index (κ2) is 8.56. The van der Waals surface area contributed by atoms with Crippen LogP contribution in [-0.4, -0.2) is 44.1 Å². The minimum Gasteiger partial charge on any atom is -0.292 e. The Labute approximate surface area is 90.9 Å². The number of unbranched alkanes of at least 4 members (excludes halogenated alkanes) is 3. The van der Waals surface area contributed by atoms with E-state index >= 15 is 0 Å². The monoisotopic (exact) mass is 212 g/mol. The number of nitrogens with one attached hydrogen (secondary N) is 2. The van der Waals surface area contributed by atoms with Crippen molar-refractivity contribution in [3.05, 3.63) is 0 Å². The van der Waals surface area contributed by atoms with Gasteiger partial charge in [0.25, 0.3) is 0 Å². The zero-order chi connectivity index (χ0) is 10.8. The lowest BCUT2D eigenvalue weighted by molar-refractivity contribution is 0.188. The van der Waals surface area contributed by atoms with Crippen molar-refractivity contribution in [2.24, 2.45) is 4.99 Å². The van der Waals surface area contributed by atoms with Gasteiger partial charge in [-0.25, -0.2) is 9.79 Å². The lowest BCUT2D eigenvalue weighted by Gasteiger charge is -2.27. The molecule has 5 nitrogen and oxygen atoms in total. The molecule has 15 heavy (non-hydrogen) atoms. The fourth-order valence-electron chi connectivity index (χ4n) is 1.66. The van der Waals surface area contributed by atoms with E-state index < -0.39 is 0 Å². The molecule has 0 aromatic heterocycles. The van der Waals surface area contributed by atoms with Crippen molar-refractivity contribution >= 4 is 6.08 Å². The highest BCUT2D eigenvalue weighted by Gasteiger charge is 2.06. The van der Waals surface area contributed by atoms with Gasteiger partial charge in [0.2, 0.25) is 6.08 Å². The number of isocyanates is 1. The number of hydrogen-bond acceptors (Lipinski definition) is 5. The molecule has 1 heterocycles. The Kier molecular flexibility index (Phi) is 7.04. The summed E-state index contributed by atoms with van der Waals surface area (Å²) in [4.78, 5) is 15.7. The SMILES string of the molecule is O=C=NCCCCCCN1CNCNC1. The fourth-order valence-corrected chi connectivity index (χ4v) is 1.66. The molecular formula is C10H20N4O. The highest BCUT2D eigenvalue weighted by Crippen LogP contribution is 2.01. The number of nitrogens with zero attached hydrogens (tertiary/aromatic N) is 2. The molecule has 0 saturated carbocycles. The summed E-state index contributed by atoms with van der Waals surface area (Å²) in [6, 6.07) is 0. The van der Waals surface area contributed by atoms with E-state index in [1.807, 2.05) is 0 Å². The summed E-state index contributed by atoms with van der Waals surface area (Å²) in [6.45, 7) is 4.67. The first-order chi connectivity index (χ1) is 7.43. The van der Waals surface area contributed by atoms with Gasteiger partial charge in [0, 0.05) is 13.2 Å². The van der Waals surface area contributed by atoms with Gasteiger partial charge in [-0.1, -0.05) is 12.8 Å². The van der Waals surface area contributed by atoms with Gasteiger partial charge < -0.3 is 0 Å². The Balaban J connectivity index is 1.85. The van der Waals surface area contributed by atoms with E-state index in [1.165, 1.54) is 12.8 Å². The third kappa shape index (κ3) is 6.36. The van der Waals surface area contributed by atoms with E-state index in [2.05, 4.69) is 20.5 Å². The molecule has 1 saturated heterocycles. The van der Waals surface area contributed by atoms with Gasteiger partial charge >= 0.3 is 0 Å². The first kappa shape index (κ1) is 12.3. The standard InChI is InChI=1S/C10H20N4O/c15-10-11-5-3-1-2-4-6-14-8-12-7-13-9-14/h12-13H,1-9H2. The van der Waals surface area contributed by atoms with E-state index in [0.717, 1.165) is 39.4 Å². The van der Waals surface area contributed by atoms with Crippen molar-refractivity contribution in [2.75, 3.05) is 33.1 Å². The number of carbonyl (C=O) groups excluding carboxylic acids is 1. The average Bonchev–Trinajstić information content (AvgIpc) is 2.29. The minimum atomic E-state index is 0.635. The Morgan fingerprint density at radius 3 is 2.60 bits per heavy atom. The molecule has 2 N–H and O–H groups in total.